The highest BCUT2D eigenvalue weighted by Gasteiger charge is 2.10. The van der Waals surface area contributed by atoms with Crippen LogP contribution < -0.4 is 4.74 Å². The largest absolute Gasteiger partial charge is 0.486 e. The topological polar surface area (TPSA) is 52.4 Å². The van der Waals surface area contributed by atoms with E-state index in [0.29, 0.717) is 10.8 Å². The van der Waals surface area contributed by atoms with Gasteiger partial charge in [-0.05, 0) is 48.9 Å². The normalized spacial score (nSPS) is 11.9. The summed E-state index contributed by atoms with van der Waals surface area (Å²) in [7, 11) is 0. The van der Waals surface area contributed by atoms with Crippen LogP contribution >= 0.6 is 11.6 Å². The Hall–Kier alpha value is -2.07. The van der Waals surface area contributed by atoms with E-state index >= 15 is 0 Å². The van der Waals surface area contributed by atoms with Crippen LogP contribution in [0.25, 0.3) is 0 Å². The molecule has 19 heavy (non-hydrogen) atoms. The number of hydrogen-bond acceptors (Lipinski definition) is 3. The highest BCUT2D eigenvalue weighted by Crippen LogP contribution is 2.24. The summed E-state index contributed by atoms with van der Waals surface area (Å²) in [5.41, 5.74) is 0.947. The van der Waals surface area contributed by atoms with E-state index in [0.717, 1.165) is 5.56 Å². The van der Waals surface area contributed by atoms with E-state index in [2.05, 4.69) is 0 Å². The van der Waals surface area contributed by atoms with Crippen LogP contribution in [0.15, 0.2) is 48.5 Å². The zero-order valence-electron chi connectivity index (χ0n) is 10.2. The second kappa shape index (κ2) is 5.71. The summed E-state index contributed by atoms with van der Waals surface area (Å²) in [5, 5.41) is 11.2. The van der Waals surface area contributed by atoms with E-state index in [1.807, 2.05) is 6.92 Å². The fraction of sp³-hybridized carbons (Fsp3) is 0.143. The lowest BCUT2D eigenvalue weighted by Gasteiger charge is -2.14. The van der Waals surface area contributed by atoms with Crippen LogP contribution in [0.5, 0.6) is 5.75 Å². The third-order valence-corrected chi connectivity index (χ3v) is 2.95. The molecular formula is C14H12ClNO3. The highest BCUT2D eigenvalue weighted by molar-refractivity contribution is 6.30. The lowest BCUT2D eigenvalue weighted by molar-refractivity contribution is -0.384. The molecule has 0 aromatic heterocycles. The quantitative estimate of drug-likeness (QED) is 0.615. The van der Waals surface area contributed by atoms with E-state index in [1.54, 1.807) is 36.4 Å². The van der Waals surface area contributed by atoms with Crippen molar-refractivity contribution in [2.75, 3.05) is 0 Å². The Morgan fingerprint density at radius 3 is 2.21 bits per heavy atom. The summed E-state index contributed by atoms with van der Waals surface area (Å²) in [6.07, 6.45) is -0.193. The Kier molecular flexibility index (Phi) is 4.02. The molecule has 1 atom stereocenters. The molecule has 0 saturated carbocycles. The van der Waals surface area contributed by atoms with Crippen LogP contribution in [-0.2, 0) is 0 Å². The van der Waals surface area contributed by atoms with Gasteiger partial charge in [0.1, 0.15) is 11.9 Å². The van der Waals surface area contributed by atoms with Gasteiger partial charge in [-0.1, -0.05) is 11.6 Å². The van der Waals surface area contributed by atoms with Crippen LogP contribution in [0.4, 0.5) is 5.69 Å². The smallest absolute Gasteiger partial charge is 0.269 e. The minimum Gasteiger partial charge on any atom is -0.486 e. The van der Waals surface area contributed by atoms with Gasteiger partial charge in [-0.2, -0.15) is 0 Å². The molecule has 0 saturated heterocycles. The molecule has 0 aliphatic heterocycles. The summed E-state index contributed by atoms with van der Waals surface area (Å²) < 4.78 is 5.73. The van der Waals surface area contributed by atoms with Crippen molar-refractivity contribution in [3.63, 3.8) is 0 Å². The van der Waals surface area contributed by atoms with Crippen LogP contribution in [0.3, 0.4) is 0 Å². The first-order chi connectivity index (χ1) is 9.06. The molecule has 2 aromatic carbocycles. The Morgan fingerprint density at radius 1 is 1.11 bits per heavy atom. The Balaban J connectivity index is 2.09. The molecule has 0 bridgehead atoms. The molecule has 1 unspecified atom stereocenters. The molecule has 4 nitrogen and oxygen atoms in total. The lowest BCUT2D eigenvalue weighted by atomic mass is 10.1. The summed E-state index contributed by atoms with van der Waals surface area (Å²) >= 11 is 5.79. The standard InChI is InChI=1S/C14H12ClNO3/c1-10(19-14-8-4-12(15)5-9-14)11-2-6-13(7-3-11)16(17)18/h2-10H,1H3. The monoisotopic (exact) mass is 277 g/mol. The summed E-state index contributed by atoms with van der Waals surface area (Å²) in [6.45, 7) is 1.88. The SMILES string of the molecule is CC(Oc1ccc(Cl)cc1)c1ccc([N+](=O)[O-])cc1. The fourth-order valence-corrected chi connectivity index (χ4v) is 1.78. The number of nitro benzene ring substituents is 1. The van der Waals surface area contributed by atoms with E-state index in [1.165, 1.54) is 12.1 Å². The van der Waals surface area contributed by atoms with Gasteiger partial charge in [-0.25, -0.2) is 0 Å². The number of nitrogens with zero attached hydrogens (tertiary/aromatic N) is 1. The first-order valence-corrected chi connectivity index (χ1v) is 6.10. The van der Waals surface area contributed by atoms with Gasteiger partial charge in [0.25, 0.3) is 5.69 Å². The first-order valence-electron chi connectivity index (χ1n) is 5.73. The third-order valence-electron chi connectivity index (χ3n) is 2.70. The molecule has 0 heterocycles. The Labute approximate surface area is 115 Å². The highest BCUT2D eigenvalue weighted by atomic mass is 35.5. The van der Waals surface area contributed by atoms with Crippen molar-refractivity contribution in [1.82, 2.24) is 0 Å². The maximum Gasteiger partial charge on any atom is 0.269 e. The molecule has 0 spiro atoms. The average Bonchev–Trinajstić information content (AvgIpc) is 2.41. The number of ether oxygens (including phenoxy) is 1. The van der Waals surface area contributed by atoms with Crippen molar-refractivity contribution < 1.29 is 9.66 Å². The van der Waals surface area contributed by atoms with Gasteiger partial charge in [0, 0.05) is 17.2 Å². The molecule has 0 fully saturated rings. The van der Waals surface area contributed by atoms with Gasteiger partial charge >= 0.3 is 0 Å². The Morgan fingerprint density at radius 2 is 1.68 bits per heavy atom. The van der Waals surface area contributed by atoms with E-state index in [4.69, 9.17) is 16.3 Å². The van der Waals surface area contributed by atoms with Crippen LogP contribution in [0.1, 0.15) is 18.6 Å². The number of hydrogen-bond donors (Lipinski definition) is 0. The minimum atomic E-state index is -0.422. The molecule has 0 N–H and O–H groups in total. The molecule has 98 valence electrons. The first kappa shape index (κ1) is 13.4. The number of benzene rings is 2. The van der Waals surface area contributed by atoms with Gasteiger partial charge in [0.2, 0.25) is 0 Å². The maximum atomic E-state index is 10.6. The van der Waals surface area contributed by atoms with Crippen molar-refractivity contribution in [1.29, 1.82) is 0 Å². The summed E-state index contributed by atoms with van der Waals surface area (Å²) in [4.78, 5) is 10.1. The minimum absolute atomic E-state index is 0.0717. The number of nitro groups is 1. The molecule has 0 radical (unpaired) electrons. The molecule has 2 aromatic rings. The molecule has 5 heteroatoms. The van der Waals surface area contributed by atoms with Gasteiger partial charge in [0.15, 0.2) is 0 Å². The number of rotatable bonds is 4. The predicted octanol–water partition coefficient (Wildman–Crippen LogP) is 4.39. The van der Waals surface area contributed by atoms with E-state index in [9.17, 15) is 10.1 Å². The van der Waals surface area contributed by atoms with Crippen molar-refractivity contribution in [3.05, 3.63) is 69.2 Å². The van der Waals surface area contributed by atoms with Crippen molar-refractivity contribution in [2.24, 2.45) is 0 Å². The second-order valence-corrected chi connectivity index (χ2v) is 4.50. The van der Waals surface area contributed by atoms with Gasteiger partial charge in [-0.3, -0.25) is 10.1 Å². The number of non-ortho nitro benzene ring substituents is 1. The van der Waals surface area contributed by atoms with Crippen molar-refractivity contribution in [3.8, 4) is 5.75 Å². The van der Waals surface area contributed by atoms with Crippen LogP contribution in [-0.4, -0.2) is 4.92 Å². The molecule has 2 rings (SSSR count). The number of halogens is 1. The van der Waals surface area contributed by atoms with Crippen molar-refractivity contribution >= 4 is 17.3 Å². The van der Waals surface area contributed by atoms with Gasteiger partial charge in [-0.15, -0.1) is 0 Å². The summed E-state index contributed by atoms with van der Waals surface area (Å²) in [6, 6.07) is 13.4. The zero-order valence-corrected chi connectivity index (χ0v) is 11.0. The van der Waals surface area contributed by atoms with Crippen LogP contribution in [0, 0.1) is 10.1 Å². The third kappa shape index (κ3) is 3.45. The zero-order chi connectivity index (χ0) is 13.8. The second-order valence-electron chi connectivity index (χ2n) is 4.06. The molecular weight excluding hydrogens is 266 g/mol. The average molecular weight is 278 g/mol. The van der Waals surface area contributed by atoms with Crippen LogP contribution in [0.2, 0.25) is 5.02 Å². The van der Waals surface area contributed by atoms with Gasteiger partial charge in [0.05, 0.1) is 4.92 Å². The maximum absolute atomic E-state index is 10.6. The van der Waals surface area contributed by atoms with Crippen molar-refractivity contribution in [2.45, 2.75) is 13.0 Å². The predicted molar refractivity (Wildman–Crippen MR) is 73.6 cm³/mol. The Bertz CT molecular complexity index is 566. The van der Waals surface area contributed by atoms with E-state index in [-0.39, 0.29) is 11.8 Å². The fourth-order valence-electron chi connectivity index (χ4n) is 1.65. The summed E-state index contributed by atoms with van der Waals surface area (Å²) in [5.74, 6) is 0.704. The molecule has 0 aliphatic rings. The lowest BCUT2D eigenvalue weighted by Crippen LogP contribution is -2.03. The van der Waals surface area contributed by atoms with Gasteiger partial charge < -0.3 is 4.74 Å². The van der Waals surface area contributed by atoms with E-state index < -0.39 is 4.92 Å². The molecule has 0 amide bonds. The molecule has 0 aliphatic carbocycles.